The summed E-state index contributed by atoms with van der Waals surface area (Å²) in [5.74, 6) is -0.191. The van der Waals surface area contributed by atoms with Gasteiger partial charge in [-0.2, -0.15) is 0 Å². The third-order valence-corrected chi connectivity index (χ3v) is 7.98. The van der Waals surface area contributed by atoms with Gasteiger partial charge in [0.05, 0.1) is 21.9 Å². The second kappa shape index (κ2) is 8.30. The number of hydrogen-bond acceptors (Lipinski definition) is 4. The van der Waals surface area contributed by atoms with Crippen LogP contribution in [0.2, 0.25) is 0 Å². The van der Waals surface area contributed by atoms with E-state index in [1.54, 1.807) is 54.6 Å². The molecule has 6 nitrogen and oxygen atoms in total. The van der Waals surface area contributed by atoms with E-state index in [4.69, 9.17) is 0 Å². The molecule has 0 bridgehead atoms. The number of sulfone groups is 1. The molecule has 3 aromatic rings. The molecule has 0 unspecified atom stereocenters. The molecule has 1 aromatic heterocycles. The lowest BCUT2D eigenvalue weighted by Crippen LogP contribution is -2.49. The average Bonchev–Trinajstić information content (AvgIpc) is 2.99. The zero-order valence-corrected chi connectivity index (χ0v) is 20.1. The number of benzene rings is 2. The van der Waals surface area contributed by atoms with E-state index in [0.717, 1.165) is 17.0 Å². The molecule has 172 valence electrons. The van der Waals surface area contributed by atoms with E-state index in [-0.39, 0.29) is 34.4 Å². The highest BCUT2D eigenvalue weighted by Gasteiger charge is 2.36. The fourth-order valence-electron chi connectivity index (χ4n) is 4.62. The molecule has 0 aliphatic carbocycles. The van der Waals surface area contributed by atoms with Crippen LogP contribution in [0, 0.1) is 6.92 Å². The van der Waals surface area contributed by atoms with E-state index < -0.39 is 15.4 Å². The van der Waals surface area contributed by atoms with Crippen LogP contribution in [0.3, 0.4) is 0 Å². The Morgan fingerprint density at radius 2 is 1.70 bits per heavy atom. The maximum Gasteiger partial charge on any atom is 0.253 e. The molecular weight excluding hydrogens is 436 g/mol. The van der Waals surface area contributed by atoms with Crippen LogP contribution < -0.4 is 5.32 Å². The third kappa shape index (κ3) is 4.25. The standard InChI is InChI=1S/C26H28N2O4S/c1-17(29)16-28-18(2)21(24-22(28)15-26(3,4)27-25(24)30)14-19-10-8-9-13-23(19)33(31,32)20-11-6-5-7-12-20/h5-13H,14-16H2,1-4H3,(H,27,30). The second-order valence-corrected chi connectivity index (χ2v) is 11.2. The van der Waals surface area contributed by atoms with Gasteiger partial charge in [-0.05, 0) is 57.0 Å². The number of carbonyl (C=O) groups is 2. The van der Waals surface area contributed by atoms with Crippen molar-refractivity contribution >= 4 is 21.5 Å². The molecule has 1 N–H and O–H groups in total. The van der Waals surface area contributed by atoms with Crippen molar-refractivity contribution in [3.8, 4) is 0 Å². The number of nitrogens with zero attached hydrogens (tertiary/aromatic N) is 1. The average molecular weight is 465 g/mol. The topological polar surface area (TPSA) is 85.2 Å². The molecular formula is C26H28N2O4S. The van der Waals surface area contributed by atoms with Gasteiger partial charge in [0.15, 0.2) is 0 Å². The van der Waals surface area contributed by atoms with E-state index in [9.17, 15) is 18.0 Å². The summed E-state index contributed by atoms with van der Waals surface area (Å²) in [5.41, 5.74) is 3.14. The Morgan fingerprint density at radius 1 is 1.06 bits per heavy atom. The fraction of sp³-hybridized carbons (Fsp3) is 0.308. The Kier molecular flexibility index (Phi) is 5.78. The molecule has 0 saturated heterocycles. The predicted octanol–water partition coefficient (Wildman–Crippen LogP) is 3.87. The maximum atomic E-state index is 13.4. The molecule has 1 aliphatic heterocycles. The molecule has 1 aliphatic rings. The van der Waals surface area contributed by atoms with E-state index in [2.05, 4.69) is 5.32 Å². The molecule has 0 atom stereocenters. The summed E-state index contributed by atoms with van der Waals surface area (Å²) >= 11 is 0. The summed E-state index contributed by atoms with van der Waals surface area (Å²) in [6, 6.07) is 15.2. The number of fused-ring (bicyclic) bond motifs is 1. The van der Waals surface area contributed by atoms with Crippen LogP contribution in [0.25, 0.3) is 0 Å². The van der Waals surface area contributed by atoms with Crippen LogP contribution in [-0.2, 0) is 34.0 Å². The molecule has 7 heteroatoms. The first kappa shape index (κ1) is 23.0. The number of nitrogens with one attached hydrogen (secondary N) is 1. The van der Waals surface area contributed by atoms with Crippen LogP contribution in [0.15, 0.2) is 64.4 Å². The number of hydrogen-bond donors (Lipinski definition) is 1. The Labute approximate surface area is 194 Å². The van der Waals surface area contributed by atoms with Crippen LogP contribution in [0.1, 0.15) is 53.6 Å². The van der Waals surface area contributed by atoms with E-state index in [1.165, 1.54) is 6.92 Å². The van der Waals surface area contributed by atoms with E-state index in [1.807, 2.05) is 25.3 Å². The lowest BCUT2D eigenvalue weighted by atomic mass is 9.89. The van der Waals surface area contributed by atoms with Gasteiger partial charge in [0.25, 0.3) is 5.91 Å². The maximum absolute atomic E-state index is 13.4. The fourth-order valence-corrected chi connectivity index (χ4v) is 6.13. The molecule has 0 fully saturated rings. The molecule has 0 spiro atoms. The zero-order valence-electron chi connectivity index (χ0n) is 19.3. The Balaban J connectivity index is 1.86. The summed E-state index contributed by atoms with van der Waals surface area (Å²) in [7, 11) is -3.73. The van der Waals surface area contributed by atoms with E-state index in [0.29, 0.717) is 17.5 Å². The molecule has 0 saturated carbocycles. The zero-order chi connectivity index (χ0) is 24.0. The number of amides is 1. The highest BCUT2D eigenvalue weighted by molar-refractivity contribution is 7.91. The number of ketones is 1. The van der Waals surface area contributed by atoms with Gasteiger partial charge in [-0.1, -0.05) is 36.4 Å². The van der Waals surface area contributed by atoms with Gasteiger partial charge in [0, 0.05) is 29.8 Å². The Hall–Kier alpha value is -3.19. The first-order valence-corrected chi connectivity index (χ1v) is 12.4. The van der Waals surface area contributed by atoms with Crippen molar-refractivity contribution in [1.29, 1.82) is 0 Å². The number of rotatable bonds is 6. The summed E-state index contributed by atoms with van der Waals surface area (Å²) in [5, 5.41) is 3.05. The molecule has 2 aromatic carbocycles. The van der Waals surface area contributed by atoms with Crippen LogP contribution in [-0.4, -0.2) is 30.2 Å². The van der Waals surface area contributed by atoms with E-state index >= 15 is 0 Å². The predicted molar refractivity (Wildman–Crippen MR) is 126 cm³/mol. The van der Waals surface area contributed by atoms with Gasteiger partial charge in [-0.25, -0.2) is 8.42 Å². The normalized spacial score (nSPS) is 15.1. The van der Waals surface area contributed by atoms with Crippen molar-refractivity contribution < 1.29 is 18.0 Å². The second-order valence-electron chi connectivity index (χ2n) is 9.29. The number of carbonyl (C=O) groups excluding carboxylic acids is 2. The minimum atomic E-state index is -3.73. The van der Waals surface area contributed by atoms with Crippen molar-refractivity contribution in [2.45, 2.75) is 62.4 Å². The van der Waals surface area contributed by atoms with Gasteiger partial charge in [-0.3, -0.25) is 9.59 Å². The van der Waals surface area contributed by atoms with Gasteiger partial charge < -0.3 is 9.88 Å². The first-order chi connectivity index (χ1) is 15.5. The lowest BCUT2D eigenvalue weighted by Gasteiger charge is -2.32. The largest absolute Gasteiger partial charge is 0.347 e. The smallest absolute Gasteiger partial charge is 0.253 e. The van der Waals surface area contributed by atoms with Crippen LogP contribution in [0.5, 0.6) is 0 Å². The van der Waals surface area contributed by atoms with Gasteiger partial charge >= 0.3 is 0 Å². The van der Waals surface area contributed by atoms with Crippen LogP contribution in [0.4, 0.5) is 0 Å². The minimum absolute atomic E-state index is 0.00158. The van der Waals surface area contributed by atoms with Gasteiger partial charge in [0.2, 0.25) is 9.84 Å². The molecule has 0 radical (unpaired) electrons. The molecule has 4 rings (SSSR count). The van der Waals surface area contributed by atoms with Crippen molar-refractivity contribution in [2.24, 2.45) is 0 Å². The lowest BCUT2D eigenvalue weighted by molar-refractivity contribution is -0.117. The Bertz CT molecular complexity index is 1350. The van der Waals surface area contributed by atoms with Crippen molar-refractivity contribution in [3.05, 3.63) is 82.7 Å². The quantitative estimate of drug-likeness (QED) is 0.600. The molecule has 2 heterocycles. The van der Waals surface area contributed by atoms with Gasteiger partial charge in [-0.15, -0.1) is 0 Å². The van der Waals surface area contributed by atoms with Crippen molar-refractivity contribution in [3.63, 3.8) is 0 Å². The van der Waals surface area contributed by atoms with Crippen molar-refractivity contribution in [1.82, 2.24) is 9.88 Å². The number of aromatic nitrogens is 1. The van der Waals surface area contributed by atoms with Gasteiger partial charge in [0.1, 0.15) is 5.78 Å². The molecule has 1 amide bonds. The summed E-state index contributed by atoms with van der Waals surface area (Å²) in [6.07, 6.45) is 0.862. The van der Waals surface area contributed by atoms with Crippen molar-refractivity contribution in [2.75, 3.05) is 0 Å². The first-order valence-electron chi connectivity index (χ1n) is 10.9. The minimum Gasteiger partial charge on any atom is -0.347 e. The SMILES string of the molecule is CC(=O)Cn1c(C)c(Cc2ccccc2S(=O)(=O)c2ccccc2)c2c1CC(C)(C)NC2=O. The summed E-state index contributed by atoms with van der Waals surface area (Å²) < 4.78 is 28.7. The summed E-state index contributed by atoms with van der Waals surface area (Å²) in [4.78, 5) is 25.6. The monoisotopic (exact) mass is 464 g/mol. The highest BCUT2D eigenvalue weighted by atomic mass is 32.2. The Morgan fingerprint density at radius 3 is 2.36 bits per heavy atom. The molecule has 33 heavy (non-hydrogen) atoms. The third-order valence-electron chi connectivity index (χ3n) is 6.11. The van der Waals surface area contributed by atoms with Crippen LogP contribution >= 0.6 is 0 Å². The summed E-state index contributed by atoms with van der Waals surface area (Å²) in [6.45, 7) is 7.51. The highest BCUT2D eigenvalue weighted by Crippen LogP contribution is 2.34. The number of Topliss-reactive ketones (excluding diaryl/α,β-unsaturated/α-hetero) is 1.